The fourth-order valence-corrected chi connectivity index (χ4v) is 3.46. The maximum Gasteiger partial charge on any atom is 0.0491 e. The van der Waals surface area contributed by atoms with Crippen molar-refractivity contribution in [3.8, 4) is 0 Å². The molecule has 1 aliphatic carbocycles. The second kappa shape index (κ2) is 4.68. The third-order valence-corrected chi connectivity index (χ3v) is 4.33. The summed E-state index contributed by atoms with van der Waals surface area (Å²) >= 11 is 0. The molecule has 0 spiro atoms. The Morgan fingerprint density at radius 3 is 2.68 bits per heavy atom. The molecule has 0 amide bonds. The fourth-order valence-electron chi connectivity index (χ4n) is 3.46. The molecule has 0 aliphatic heterocycles. The lowest BCUT2D eigenvalue weighted by Gasteiger charge is -2.25. The van der Waals surface area contributed by atoms with Crippen molar-refractivity contribution in [2.24, 2.45) is 0 Å². The average molecular weight is 256 g/mol. The number of H-pyrrole nitrogens is 1. The molecule has 2 nitrogen and oxygen atoms in total. The Morgan fingerprint density at radius 1 is 1.21 bits per heavy atom. The van der Waals surface area contributed by atoms with E-state index in [4.69, 9.17) is 0 Å². The van der Waals surface area contributed by atoms with Gasteiger partial charge in [-0.05, 0) is 49.8 Å². The molecule has 102 valence electrons. The molecule has 1 heterocycles. The summed E-state index contributed by atoms with van der Waals surface area (Å²) in [4.78, 5) is 3.67. The number of aromatic amines is 1. The first-order chi connectivity index (χ1) is 9.06. The molecule has 2 heteroatoms. The molecular weight excluding hydrogens is 232 g/mol. The number of aryl methyl sites for hydroxylation is 3. The van der Waals surface area contributed by atoms with Crippen molar-refractivity contribution in [2.45, 2.75) is 59.0 Å². The van der Waals surface area contributed by atoms with Gasteiger partial charge in [0.15, 0.2) is 0 Å². The Kier molecular flexibility index (Phi) is 3.14. The molecular formula is C17H24N2. The molecule has 3 rings (SSSR count). The van der Waals surface area contributed by atoms with Gasteiger partial charge >= 0.3 is 0 Å². The third kappa shape index (κ3) is 2.18. The summed E-state index contributed by atoms with van der Waals surface area (Å²) in [5, 5.41) is 5.17. The van der Waals surface area contributed by atoms with Crippen LogP contribution < -0.4 is 5.32 Å². The SMILES string of the molecule is Cc1ccc(C)c2c3c([nH]c12)CCC(NC(C)C)C3. The molecule has 2 aromatic rings. The molecule has 1 aromatic heterocycles. The van der Waals surface area contributed by atoms with E-state index in [-0.39, 0.29) is 0 Å². The standard InChI is InChI=1S/C17H24N2/c1-10(2)18-13-7-8-15-14(9-13)16-11(3)5-6-12(4)17(16)19-15/h5-6,10,13,18-19H,7-9H2,1-4H3. The quantitative estimate of drug-likeness (QED) is 0.843. The van der Waals surface area contributed by atoms with E-state index in [1.54, 1.807) is 5.56 Å². The number of hydrogen-bond acceptors (Lipinski definition) is 1. The van der Waals surface area contributed by atoms with Crippen LogP contribution in [0.25, 0.3) is 10.9 Å². The first-order valence-corrected chi connectivity index (χ1v) is 7.42. The van der Waals surface area contributed by atoms with Crippen molar-refractivity contribution in [1.82, 2.24) is 10.3 Å². The van der Waals surface area contributed by atoms with Crippen molar-refractivity contribution >= 4 is 10.9 Å². The molecule has 0 fully saturated rings. The summed E-state index contributed by atoms with van der Waals surface area (Å²) in [7, 11) is 0. The highest BCUT2D eigenvalue weighted by atomic mass is 14.9. The third-order valence-electron chi connectivity index (χ3n) is 4.33. The van der Waals surface area contributed by atoms with E-state index in [1.807, 2.05) is 0 Å². The highest BCUT2D eigenvalue weighted by Crippen LogP contribution is 2.33. The summed E-state index contributed by atoms with van der Waals surface area (Å²) in [6, 6.07) is 5.68. The van der Waals surface area contributed by atoms with Crippen LogP contribution in [0.5, 0.6) is 0 Å². The van der Waals surface area contributed by atoms with Crippen LogP contribution in [0.15, 0.2) is 12.1 Å². The minimum Gasteiger partial charge on any atom is -0.358 e. The Labute approximate surface area is 115 Å². The van der Waals surface area contributed by atoms with E-state index in [1.165, 1.54) is 40.6 Å². The van der Waals surface area contributed by atoms with E-state index in [9.17, 15) is 0 Å². The Bertz CT molecular complexity index is 607. The molecule has 1 atom stereocenters. The molecule has 0 radical (unpaired) electrons. The van der Waals surface area contributed by atoms with Crippen molar-refractivity contribution in [3.05, 3.63) is 34.5 Å². The van der Waals surface area contributed by atoms with E-state index in [0.29, 0.717) is 12.1 Å². The number of nitrogens with one attached hydrogen (secondary N) is 2. The lowest BCUT2D eigenvalue weighted by atomic mass is 9.89. The first-order valence-electron chi connectivity index (χ1n) is 7.42. The van der Waals surface area contributed by atoms with Gasteiger partial charge in [0.1, 0.15) is 0 Å². The maximum atomic E-state index is 3.70. The van der Waals surface area contributed by atoms with Gasteiger partial charge in [0.2, 0.25) is 0 Å². The highest BCUT2D eigenvalue weighted by Gasteiger charge is 2.23. The van der Waals surface area contributed by atoms with Crippen molar-refractivity contribution in [2.75, 3.05) is 0 Å². The van der Waals surface area contributed by atoms with Gasteiger partial charge in [-0.2, -0.15) is 0 Å². The Morgan fingerprint density at radius 2 is 1.95 bits per heavy atom. The van der Waals surface area contributed by atoms with Crippen LogP contribution >= 0.6 is 0 Å². The second-order valence-electron chi connectivity index (χ2n) is 6.29. The van der Waals surface area contributed by atoms with Crippen molar-refractivity contribution < 1.29 is 0 Å². The minimum atomic E-state index is 0.569. The molecule has 0 bridgehead atoms. The monoisotopic (exact) mass is 256 g/mol. The predicted molar refractivity (Wildman–Crippen MR) is 81.9 cm³/mol. The van der Waals surface area contributed by atoms with Crippen LogP contribution in [0.2, 0.25) is 0 Å². The van der Waals surface area contributed by atoms with Crippen LogP contribution in [-0.2, 0) is 12.8 Å². The maximum absolute atomic E-state index is 3.70. The normalized spacial score (nSPS) is 19.1. The van der Waals surface area contributed by atoms with Crippen molar-refractivity contribution in [1.29, 1.82) is 0 Å². The zero-order valence-electron chi connectivity index (χ0n) is 12.4. The molecule has 1 aliphatic rings. The number of hydrogen-bond donors (Lipinski definition) is 2. The molecule has 1 unspecified atom stereocenters. The summed E-state index contributed by atoms with van der Waals surface area (Å²) in [5.74, 6) is 0. The predicted octanol–water partition coefficient (Wildman–Crippen LogP) is 3.64. The van der Waals surface area contributed by atoms with Gasteiger partial charge in [0, 0.05) is 28.7 Å². The summed E-state index contributed by atoms with van der Waals surface area (Å²) in [5.41, 5.74) is 7.15. The number of rotatable bonds is 2. The molecule has 0 saturated carbocycles. The number of fused-ring (bicyclic) bond motifs is 3. The molecule has 1 aromatic carbocycles. The zero-order chi connectivity index (χ0) is 13.6. The summed E-state index contributed by atoms with van der Waals surface area (Å²) < 4.78 is 0. The number of aromatic nitrogens is 1. The Hall–Kier alpha value is -1.28. The van der Waals surface area contributed by atoms with Gasteiger partial charge in [-0.25, -0.2) is 0 Å². The van der Waals surface area contributed by atoms with Crippen LogP contribution in [0.1, 0.15) is 42.7 Å². The minimum absolute atomic E-state index is 0.569. The Balaban J connectivity index is 2.06. The van der Waals surface area contributed by atoms with E-state index in [2.05, 4.69) is 50.1 Å². The molecule has 19 heavy (non-hydrogen) atoms. The topological polar surface area (TPSA) is 27.8 Å². The lowest BCUT2D eigenvalue weighted by Crippen LogP contribution is -2.38. The van der Waals surface area contributed by atoms with Crippen LogP contribution in [0, 0.1) is 13.8 Å². The van der Waals surface area contributed by atoms with E-state index in [0.717, 1.165) is 6.42 Å². The van der Waals surface area contributed by atoms with Gasteiger partial charge < -0.3 is 10.3 Å². The van der Waals surface area contributed by atoms with Gasteiger partial charge in [0.25, 0.3) is 0 Å². The van der Waals surface area contributed by atoms with Gasteiger partial charge in [-0.1, -0.05) is 26.0 Å². The fraction of sp³-hybridized carbons (Fsp3) is 0.529. The van der Waals surface area contributed by atoms with Gasteiger partial charge in [-0.3, -0.25) is 0 Å². The van der Waals surface area contributed by atoms with Crippen LogP contribution in [0.4, 0.5) is 0 Å². The van der Waals surface area contributed by atoms with Crippen LogP contribution in [-0.4, -0.2) is 17.1 Å². The average Bonchev–Trinajstić information content (AvgIpc) is 2.73. The number of benzene rings is 1. The van der Waals surface area contributed by atoms with Gasteiger partial charge in [-0.15, -0.1) is 0 Å². The smallest absolute Gasteiger partial charge is 0.0491 e. The zero-order valence-corrected chi connectivity index (χ0v) is 12.4. The molecule has 0 saturated heterocycles. The van der Waals surface area contributed by atoms with E-state index >= 15 is 0 Å². The second-order valence-corrected chi connectivity index (χ2v) is 6.29. The van der Waals surface area contributed by atoms with E-state index < -0.39 is 0 Å². The summed E-state index contributed by atoms with van der Waals surface area (Å²) in [6.45, 7) is 8.91. The lowest BCUT2D eigenvalue weighted by molar-refractivity contribution is 0.421. The summed E-state index contributed by atoms with van der Waals surface area (Å²) in [6.07, 6.45) is 3.58. The largest absolute Gasteiger partial charge is 0.358 e. The van der Waals surface area contributed by atoms with Crippen molar-refractivity contribution in [3.63, 3.8) is 0 Å². The van der Waals surface area contributed by atoms with Gasteiger partial charge in [0.05, 0.1) is 0 Å². The first kappa shape index (κ1) is 12.7. The van der Waals surface area contributed by atoms with Crippen LogP contribution in [0.3, 0.4) is 0 Å². The highest BCUT2D eigenvalue weighted by molar-refractivity contribution is 5.90. The molecule has 2 N–H and O–H groups in total.